The second kappa shape index (κ2) is 17.4. The van der Waals surface area contributed by atoms with Gasteiger partial charge in [-0.3, -0.25) is 0 Å². The van der Waals surface area contributed by atoms with E-state index < -0.39 is 0 Å². The number of rotatable bonds is 17. The number of hydrogen-bond donors (Lipinski definition) is 0. The fourth-order valence-electron chi connectivity index (χ4n) is 4.80. The maximum atomic E-state index is 6.08. The van der Waals surface area contributed by atoms with Gasteiger partial charge in [0.15, 0.2) is 6.29 Å². The molecule has 0 unspecified atom stereocenters. The summed E-state index contributed by atoms with van der Waals surface area (Å²) in [6.45, 7) is 9.19. The lowest BCUT2D eigenvalue weighted by atomic mass is 10.0. The fraction of sp³-hybridized carbons (Fsp3) is 0.588. The monoisotopic (exact) mass is 506 g/mol. The Bertz CT molecular complexity index is 863. The summed E-state index contributed by atoms with van der Waals surface area (Å²) in [7, 11) is 0. The van der Waals surface area contributed by atoms with Gasteiger partial charge in [-0.05, 0) is 61.3 Å². The number of hydrogen-bond acceptors (Lipinski definition) is 3. The van der Waals surface area contributed by atoms with Crippen LogP contribution in [0.5, 0.6) is 5.75 Å². The molecule has 3 heteroatoms. The van der Waals surface area contributed by atoms with Crippen molar-refractivity contribution in [3.05, 3.63) is 66.2 Å². The van der Waals surface area contributed by atoms with Crippen LogP contribution in [-0.2, 0) is 9.47 Å². The van der Waals surface area contributed by atoms with Crippen molar-refractivity contribution in [3.63, 3.8) is 0 Å². The Labute approximate surface area is 226 Å². The maximum Gasteiger partial charge on any atom is 0.183 e. The summed E-state index contributed by atoms with van der Waals surface area (Å²) in [4.78, 5) is 0. The predicted octanol–water partition coefficient (Wildman–Crippen LogP) is 9.92. The minimum atomic E-state index is -0.245. The van der Waals surface area contributed by atoms with E-state index in [0.717, 1.165) is 49.9 Å². The Kier molecular flexibility index (Phi) is 13.9. The van der Waals surface area contributed by atoms with Gasteiger partial charge in [-0.15, -0.1) is 0 Å². The summed E-state index contributed by atoms with van der Waals surface area (Å²) in [5, 5.41) is 0. The summed E-state index contributed by atoms with van der Waals surface area (Å²) in [5.74, 6) is 2.32. The molecule has 1 saturated heterocycles. The molecule has 0 bridgehead atoms. The first kappa shape index (κ1) is 29.5. The summed E-state index contributed by atoms with van der Waals surface area (Å²) in [6, 6.07) is 17.0. The molecular weight excluding hydrogens is 456 g/mol. The van der Waals surface area contributed by atoms with Crippen LogP contribution in [0.1, 0.15) is 103 Å². The molecule has 1 aliphatic rings. The van der Waals surface area contributed by atoms with Crippen molar-refractivity contribution < 1.29 is 14.2 Å². The van der Waals surface area contributed by atoms with E-state index in [0.29, 0.717) is 5.92 Å². The fourth-order valence-corrected chi connectivity index (χ4v) is 4.80. The van der Waals surface area contributed by atoms with Crippen molar-refractivity contribution >= 4 is 0 Å². The molecule has 3 nitrogen and oxygen atoms in total. The molecule has 0 aliphatic carbocycles. The van der Waals surface area contributed by atoms with E-state index >= 15 is 0 Å². The minimum absolute atomic E-state index is 0.245. The van der Waals surface area contributed by atoms with Crippen molar-refractivity contribution in [2.45, 2.75) is 97.7 Å². The van der Waals surface area contributed by atoms with Crippen LogP contribution in [0.3, 0.4) is 0 Å². The van der Waals surface area contributed by atoms with Gasteiger partial charge in [0.2, 0.25) is 0 Å². The van der Waals surface area contributed by atoms with Crippen molar-refractivity contribution in [1.29, 1.82) is 0 Å². The minimum Gasteiger partial charge on any atom is -0.494 e. The highest BCUT2D eigenvalue weighted by atomic mass is 16.7. The summed E-state index contributed by atoms with van der Waals surface area (Å²) >= 11 is 0. The predicted molar refractivity (Wildman–Crippen MR) is 156 cm³/mol. The number of benzene rings is 2. The van der Waals surface area contributed by atoms with E-state index in [4.69, 9.17) is 14.2 Å². The first-order valence-corrected chi connectivity index (χ1v) is 14.9. The summed E-state index contributed by atoms with van der Waals surface area (Å²) in [6.07, 6.45) is 18.0. The number of ether oxygens (including phenoxy) is 3. The highest BCUT2D eigenvalue weighted by molar-refractivity contribution is 5.64. The second-order valence-electron chi connectivity index (χ2n) is 10.7. The van der Waals surface area contributed by atoms with Gasteiger partial charge in [0, 0.05) is 11.5 Å². The molecule has 1 heterocycles. The zero-order valence-corrected chi connectivity index (χ0v) is 23.6. The van der Waals surface area contributed by atoms with Gasteiger partial charge < -0.3 is 14.2 Å². The Hall–Kier alpha value is -2.10. The van der Waals surface area contributed by atoms with Crippen molar-refractivity contribution in [1.82, 2.24) is 0 Å². The molecule has 2 aromatic rings. The van der Waals surface area contributed by atoms with E-state index in [2.05, 4.69) is 81.5 Å². The summed E-state index contributed by atoms with van der Waals surface area (Å²) < 4.78 is 18.1. The average molecular weight is 507 g/mol. The zero-order valence-electron chi connectivity index (χ0n) is 23.6. The third-order valence-electron chi connectivity index (χ3n) is 7.53. The lowest BCUT2D eigenvalue weighted by molar-refractivity contribution is -0.206. The molecule has 0 saturated carbocycles. The van der Waals surface area contributed by atoms with E-state index in [1.807, 2.05) is 0 Å². The molecule has 1 fully saturated rings. The Morgan fingerprint density at radius 2 is 1.49 bits per heavy atom. The van der Waals surface area contributed by atoms with E-state index in [1.165, 1.54) is 68.9 Å². The Morgan fingerprint density at radius 3 is 2.16 bits per heavy atom. The third kappa shape index (κ3) is 11.0. The van der Waals surface area contributed by atoms with Gasteiger partial charge in [-0.2, -0.15) is 0 Å². The average Bonchev–Trinajstić information content (AvgIpc) is 2.95. The van der Waals surface area contributed by atoms with E-state index in [9.17, 15) is 0 Å². The quantitative estimate of drug-likeness (QED) is 0.158. The molecule has 0 amide bonds. The van der Waals surface area contributed by atoms with E-state index in [1.54, 1.807) is 0 Å². The van der Waals surface area contributed by atoms with Gasteiger partial charge in [0.05, 0.1) is 19.8 Å². The molecule has 1 aliphatic heterocycles. The number of unbranched alkanes of at least 4 members (excludes halogenated alkanes) is 5. The first-order valence-electron chi connectivity index (χ1n) is 14.9. The van der Waals surface area contributed by atoms with Crippen molar-refractivity contribution in [2.24, 2.45) is 11.8 Å². The van der Waals surface area contributed by atoms with Crippen LogP contribution < -0.4 is 4.74 Å². The highest BCUT2D eigenvalue weighted by Crippen LogP contribution is 2.30. The van der Waals surface area contributed by atoms with Crippen molar-refractivity contribution in [2.75, 3.05) is 19.8 Å². The van der Waals surface area contributed by atoms with Gasteiger partial charge in [-0.25, -0.2) is 0 Å². The second-order valence-corrected chi connectivity index (χ2v) is 10.7. The van der Waals surface area contributed by atoms with Crippen LogP contribution in [0, 0.1) is 11.8 Å². The maximum absolute atomic E-state index is 6.08. The zero-order chi connectivity index (χ0) is 26.1. The van der Waals surface area contributed by atoms with Gasteiger partial charge >= 0.3 is 0 Å². The van der Waals surface area contributed by atoms with Crippen LogP contribution in [-0.4, -0.2) is 19.8 Å². The normalized spacial score (nSPS) is 18.8. The van der Waals surface area contributed by atoms with Crippen LogP contribution in [0.25, 0.3) is 11.1 Å². The SMILES string of the molecule is CC/C=C\CCCCCC1COC(c2ccc(-c3ccc(OCCCCC[C@@H](C)CC)cc3)cc2)OC1. The lowest BCUT2D eigenvalue weighted by Gasteiger charge is -2.29. The summed E-state index contributed by atoms with van der Waals surface area (Å²) in [5.41, 5.74) is 3.49. The third-order valence-corrected chi connectivity index (χ3v) is 7.53. The molecule has 0 spiro atoms. The molecule has 3 rings (SSSR count). The van der Waals surface area contributed by atoms with Crippen LogP contribution in [0.4, 0.5) is 0 Å². The molecule has 204 valence electrons. The van der Waals surface area contributed by atoms with Crippen LogP contribution in [0.15, 0.2) is 60.7 Å². The highest BCUT2D eigenvalue weighted by Gasteiger charge is 2.23. The largest absolute Gasteiger partial charge is 0.494 e. The van der Waals surface area contributed by atoms with Gasteiger partial charge in [0.25, 0.3) is 0 Å². The molecule has 2 aromatic carbocycles. The smallest absolute Gasteiger partial charge is 0.183 e. The Morgan fingerprint density at radius 1 is 0.811 bits per heavy atom. The molecule has 37 heavy (non-hydrogen) atoms. The molecule has 0 aromatic heterocycles. The van der Waals surface area contributed by atoms with Gasteiger partial charge in [0.1, 0.15) is 5.75 Å². The first-order chi connectivity index (χ1) is 18.2. The number of allylic oxidation sites excluding steroid dienone is 2. The molecule has 0 N–H and O–H groups in total. The van der Waals surface area contributed by atoms with Crippen molar-refractivity contribution in [3.8, 4) is 16.9 Å². The molecule has 1 atom stereocenters. The van der Waals surface area contributed by atoms with Gasteiger partial charge in [-0.1, -0.05) is 108 Å². The standard InChI is InChI=1S/C34H50O3/c1-4-6-7-8-9-10-13-16-29-26-36-34(37-27-29)32-19-17-30(18-20-32)31-21-23-33(24-22-31)35-25-14-11-12-15-28(3)5-2/h6-7,17-24,28-29,34H,4-5,8-16,25-27H2,1-3H3/b7-6-/t28-,29?,34?/m0/s1. The molecular formula is C34H50O3. The van der Waals surface area contributed by atoms with E-state index in [-0.39, 0.29) is 6.29 Å². The van der Waals surface area contributed by atoms with Crippen LogP contribution >= 0.6 is 0 Å². The topological polar surface area (TPSA) is 27.7 Å². The molecule has 0 radical (unpaired) electrons. The van der Waals surface area contributed by atoms with Crippen LogP contribution in [0.2, 0.25) is 0 Å². The lowest BCUT2D eigenvalue weighted by Crippen LogP contribution is -2.27. The Balaban J connectivity index is 1.34.